The first-order valence-electron chi connectivity index (χ1n) is 30.7. The maximum absolute atomic E-state index is 13.3. The van der Waals surface area contributed by atoms with E-state index in [1.807, 2.05) is 0 Å². The highest BCUT2D eigenvalue weighted by molar-refractivity contribution is 5.77. The molecule has 6 heteroatoms. The van der Waals surface area contributed by atoms with Gasteiger partial charge in [0.1, 0.15) is 6.10 Å². The van der Waals surface area contributed by atoms with Crippen molar-refractivity contribution in [3.05, 3.63) is 36.5 Å². The van der Waals surface area contributed by atoms with Gasteiger partial charge in [-0.3, -0.25) is 9.59 Å². The molecule has 6 nitrogen and oxygen atoms in total. The zero-order chi connectivity index (χ0) is 50.2. The van der Waals surface area contributed by atoms with E-state index in [-0.39, 0.29) is 24.9 Å². The van der Waals surface area contributed by atoms with E-state index in [0.29, 0.717) is 19.3 Å². The summed E-state index contributed by atoms with van der Waals surface area (Å²) in [6.07, 6.45) is 69.3. The van der Waals surface area contributed by atoms with Gasteiger partial charge in [0, 0.05) is 6.42 Å². The average molecular weight is 971 g/mol. The van der Waals surface area contributed by atoms with Gasteiger partial charge in [0.2, 0.25) is 5.91 Å². The summed E-state index contributed by atoms with van der Waals surface area (Å²) in [7, 11) is 0. The number of carbonyl (C=O) groups is 2. The molecule has 0 spiro atoms. The van der Waals surface area contributed by atoms with E-state index >= 15 is 0 Å². The second kappa shape index (κ2) is 57.0. The Balaban J connectivity index is 4.56. The zero-order valence-electron chi connectivity index (χ0n) is 46.5. The standard InChI is InChI=1S/C63H119NO5/c1-4-7-10-13-16-19-22-25-28-31-33-36-39-42-45-48-51-54-59(69-63(68)56-53-50-47-44-41-38-35-32-29-26-23-20-17-14-11-8-5-2)57-62(67)64-60(58-65)61(66)55-52-49-46-43-40-37-34-30-27-24-21-18-15-12-9-6-3/h16,19,25,28,33,36,59-61,65-66H,4-15,17-18,20-24,26-27,29-32,34-35,37-58H2,1-3H3,(H,64,67)/b19-16-,28-25-,36-33-. The van der Waals surface area contributed by atoms with Gasteiger partial charge < -0.3 is 20.3 Å². The second-order valence-corrected chi connectivity index (χ2v) is 21.1. The van der Waals surface area contributed by atoms with Crippen molar-refractivity contribution >= 4 is 11.9 Å². The van der Waals surface area contributed by atoms with Gasteiger partial charge in [-0.05, 0) is 64.2 Å². The number of unbranched alkanes of at least 4 members (excludes halogenated alkanes) is 38. The minimum Gasteiger partial charge on any atom is -0.462 e. The molecule has 0 saturated heterocycles. The quantitative estimate of drug-likeness (QED) is 0.0321. The van der Waals surface area contributed by atoms with Gasteiger partial charge in [-0.15, -0.1) is 0 Å². The van der Waals surface area contributed by atoms with Gasteiger partial charge in [-0.2, -0.15) is 0 Å². The van der Waals surface area contributed by atoms with Gasteiger partial charge >= 0.3 is 5.97 Å². The van der Waals surface area contributed by atoms with Crippen LogP contribution in [0.15, 0.2) is 36.5 Å². The predicted molar refractivity (Wildman–Crippen MR) is 301 cm³/mol. The lowest BCUT2D eigenvalue weighted by molar-refractivity contribution is -0.151. The maximum atomic E-state index is 13.3. The van der Waals surface area contributed by atoms with E-state index in [0.717, 1.165) is 77.0 Å². The van der Waals surface area contributed by atoms with Gasteiger partial charge in [-0.1, -0.05) is 288 Å². The topological polar surface area (TPSA) is 95.9 Å². The summed E-state index contributed by atoms with van der Waals surface area (Å²) >= 11 is 0. The Hall–Kier alpha value is -1.92. The van der Waals surface area contributed by atoms with E-state index in [2.05, 4.69) is 62.5 Å². The SMILES string of the molecule is CCCCC/C=C\C/C=C\C/C=C\CCCCCCC(CC(=O)NC(CO)C(O)CCCCCCCCCCCCCCCCCC)OC(=O)CCCCCCCCCCCCCCCCCCC. The molecule has 0 aliphatic heterocycles. The molecule has 0 aromatic heterocycles. The maximum Gasteiger partial charge on any atom is 0.306 e. The van der Waals surface area contributed by atoms with Crippen LogP contribution in [0, 0.1) is 0 Å². The van der Waals surface area contributed by atoms with Crippen molar-refractivity contribution in [3.63, 3.8) is 0 Å². The fraction of sp³-hybridized carbons (Fsp3) is 0.873. The third-order valence-electron chi connectivity index (χ3n) is 14.2. The van der Waals surface area contributed by atoms with Crippen molar-refractivity contribution < 1.29 is 24.5 Å². The number of amides is 1. The molecule has 0 radical (unpaired) electrons. The van der Waals surface area contributed by atoms with Gasteiger partial charge in [0.15, 0.2) is 0 Å². The van der Waals surface area contributed by atoms with Crippen LogP contribution in [-0.2, 0) is 14.3 Å². The lowest BCUT2D eigenvalue weighted by Gasteiger charge is -2.24. The Morgan fingerprint density at radius 3 is 1.14 bits per heavy atom. The molecule has 1 amide bonds. The molecule has 0 heterocycles. The zero-order valence-corrected chi connectivity index (χ0v) is 46.5. The summed E-state index contributed by atoms with van der Waals surface area (Å²) in [5, 5.41) is 23.9. The molecule has 406 valence electrons. The number of hydrogen-bond acceptors (Lipinski definition) is 5. The van der Waals surface area contributed by atoms with Crippen LogP contribution >= 0.6 is 0 Å². The van der Waals surface area contributed by atoms with Crippen molar-refractivity contribution in [2.75, 3.05) is 6.61 Å². The van der Waals surface area contributed by atoms with E-state index in [1.54, 1.807) is 0 Å². The van der Waals surface area contributed by atoms with Crippen LogP contribution in [0.25, 0.3) is 0 Å². The third kappa shape index (κ3) is 52.2. The highest BCUT2D eigenvalue weighted by Crippen LogP contribution is 2.19. The van der Waals surface area contributed by atoms with E-state index in [9.17, 15) is 19.8 Å². The summed E-state index contributed by atoms with van der Waals surface area (Å²) in [5.41, 5.74) is 0. The first kappa shape index (κ1) is 67.1. The normalized spacial score (nSPS) is 13.3. The van der Waals surface area contributed by atoms with Crippen LogP contribution in [-0.4, -0.2) is 46.9 Å². The van der Waals surface area contributed by atoms with Crippen molar-refractivity contribution in [1.82, 2.24) is 5.32 Å². The molecule has 0 saturated carbocycles. The first-order valence-corrected chi connectivity index (χ1v) is 30.7. The molecule has 0 aromatic carbocycles. The van der Waals surface area contributed by atoms with Crippen LogP contribution in [0.3, 0.4) is 0 Å². The summed E-state index contributed by atoms with van der Waals surface area (Å²) in [6, 6.07) is -0.708. The smallest absolute Gasteiger partial charge is 0.306 e. The molecule has 0 rings (SSSR count). The van der Waals surface area contributed by atoms with Gasteiger partial charge in [0.05, 0.1) is 25.2 Å². The number of esters is 1. The molecule has 0 fully saturated rings. The third-order valence-corrected chi connectivity index (χ3v) is 14.2. The Labute approximate surface area is 430 Å². The number of nitrogens with one attached hydrogen (secondary N) is 1. The Morgan fingerprint density at radius 1 is 0.420 bits per heavy atom. The molecular weight excluding hydrogens is 851 g/mol. The molecule has 3 atom stereocenters. The van der Waals surface area contributed by atoms with Crippen LogP contribution in [0.5, 0.6) is 0 Å². The average Bonchev–Trinajstić information content (AvgIpc) is 3.34. The molecular formula is C63H119NO5. The van der Waals surface area contributed by atoms with Crippen LogP contribution in [0.4, 0.5) is 0 Å². The first-order chi connectivity index (χ1) is 34.0. The van der Waals surface area contributed by atoms with E-state index in [1.165, 1.54) is 205 Å². The lowest BCUT2D eigenvalue weighted by Crippen LogP contribution is -2.46. The monoisotopic (exact) mass is 970 g/mol. The lowest BCUT2D eigenvalue weighted by atomic mass is 10.0. The highest BCUT2D eigenvalue weighted by Gasteiger charge is 2.24. The minimum atomic E-state index is -0.793. The second-order valence-electron chi connectivity index (χ2n) is 21.1. The largest absolute Gasteiger partial charge is 0.462 e. The fourth-order valence-corrected chi connectivity index (χ4v) is 9.56. The predicted octanol–water partition coefficient (Wildman–Crippen LogP) is 19.2. The van der Waals surface area contributed by atoms with Crippen molar-refractivity contribution in [2.45, 2.75) is 347 Å². The molecule has 69 heavy (non-hydrogen) atoms. The van der Waals surface area contributed by atoms with Crippen molar-refractivity contribution in [3.8, 4) is 0 Å². The molecule has 0 bridgehead atoms. The Morgan fingerprint density at radius 2 is 0.739 bits per heavy atom. The molecule has 0 aromatic rings. The number of ether oxygens (including phenoxy) is 1. The number of aliphatic hydroxyl groups is 2. The summed E-state index contributed by atoms with van der Waals surface area (Å²) < 4.78 is 5.97. The summed E-state index contributed by atoms with van der Waals surface area (Å²) in [5.74, 6) is -0.476. The molecule has 0 aliphatic carbocycles. The number of rotatable bonds is 56. The highest BCUT2D eigenvalue weighted by atomic mass is 16.5. The number of allylic oxidation sites excluding steroid dienone is 6. The Bertz CT molecular complexity index is 1130. The summed E-state index contributed by atoms with van der Waals surface area (Å²) in [4.78, 5) is 26.3. The van der Waals surface area contributed by atoms with E-state index < -0.39 is 18.2 Å². The Kier molecular flexibility index (Phi) is 55.4. The van der Waals surface area contributed by atoms with Gasteiger partial charge in [-0.25, -0.2) is 0 Å². The van der Waals surface area contributed by atoms with Crippen LogP contribution in [0.1, 0.15) is 329 Å². The fourth-order valence-electron chi connectivity index (χ4n) is 9.56. The van der Waals surface area contributed by atoms with Crippen molar-refractivity contribution in [2.24, 2.45) is 0 Å². The van der Waals surface area contributed by atoms with Crippen molar-refractivity contribution in [1.29, 1.82) is 0 Å². The van der Waals surface area contributed by atoms with E-state index in [4.69, 9.17) is 4.74 Å². The number of aliphatic hydroxyl groups excluding tert-OH is 2. The van der Waals surface area contributed by atoms with Crippen LogP contribution < -0.4 is 5.32 Å². The molecule has 0 aliphatic rings. The molecule has 3 N–H and O–H groups in total. The number of hydrogen-bond donors (Lipinski definition) is 3. The van der Waals surface area contributed by atoms with Gasteiger partial charge in [0.25, 0.3) is 0 Å². The summed E-state index contributed by atoms with van der Waals surface area (Å²) in [6.45, 7) is 6.50. The minimum absolute atomic E-state index is 0.0674. The number of carbonyl (C=O) groups excluding carboxylic acids is 2. The van der Waals surface area contributed by atoms with Crippen LogP contribution in [0.2, 0.25) is 0 Å². The molecule has 3 unspecified atom stereocenters.